The molecule has 0 unspecified atom stereocenters. The molecule has 206 valence electrons. The number of nitrogens with zero attached hydrogens (tertiary/aromatic N) is 3. The van der Waals surface area contributed by atoms with E-state index in [4.69, 9.17) is 5.73 Å². The number of benzene rings is 2. The number of aromatic hydroxyl groups is 1. The molecule has 0 atom stereocenters. The maximum atomic E-state index is 13.8. The number of nitrogens with two attached hydrogens (primary N) is 1. The Balaban J connectivity index is 1.93. The lowest BCUT2D eigenvalue weighted by molar-refractivity contribution is 0.455. The normalized spacial score (nSPS) is 12.2. The van der Waals surface area contributed by atoms with Gasteiger partial charge in [0.1, 0.15) is 5.69 Å². The summed E-state index contributed by atoms with van der Waals surface area (Å²) in [6.07, 6.45) is 2.60. The van der Waals surface area contributed by atoms with Gasteiger partial charge >= 0.3 is 0 Å². The molecule has 2 aromatic heterocycles. The number of rotatable bonds is 8. The molecule has 0 spiro atoms. The number of para-hydroxylation sites is 1. The van der Waals surface area contributed by atoms with Crippen molar-refractivity contribution in [1.82, 2.24) is 9.97 Å². The molecular formula is C29H28FN5O4S. The molecular weight excluding hydrogens is 533 g/mol. The zero-order valence-electron chi connectivity index (χ0n) is 22.1. The quantitative estimate of drug-likeness (QED) is 0.211. The van der Waals surface area contributed by atoms with Crippen LogP contribution in [-0.2, 0) is 9.84 Å². The van der Waals surface area contributed by atoms with Gasteiger partial charge in [0.15, 0.2) is 10.6 Å². The van der Waals surface area contributed by atoms with E-state index in [2.05, 4.69) is 15.0 Å². The molecule has 0 saturated heterocycles. The maximum Gasteiger partial charge on any atom is 0.271 e. The third-order valence-electron chi connectivity index (χ3n) is 6.31. The van der Waals surface area contributed by atoms with Crippen LogP contribution in [-0.4, -0.2) is 43.3 Å². The number of nitrogens with one attached hydrogen (secondary N) is 1. The number of aryl methyl sites for hydroxylation is 1. The van der Waals surface area contributed by atoms with Crippen LogP contribution in [0.4, 0.5) is 15.8 Å². The molecule has 11 heteroatoms. The van der Waals surface area contributed by atoms with Gasteiger partial charge < -0.3 is 20.7 Å². The van der Waals surface area contributed by atoms with Crippen molar-refractivity contribution in [3.8, 4) is 16.9 Å². The predicted molar refractivity (Wildman–Crippen MR) is 154 cm³/mol. The average Bonchev–Trinajstić information content (AvgIpc) is 2.93. The van der Waals surface area contributed by atoms with Crippen molar-refractivity contribution < 1.29 is 17.9 Å². The number of sulfone groups is 1. The van der Waals surface area contributed by atoms with Crippen molar-refractivity contribution in [2.75, 3.05) is 18.5 Å². The van der Waals surface area contributed by atoms with Gasteiger partial charge in [0.05, 0.1) is 10.6 Å². The van der Waals surface area contributed by atoms with Gasteiger partial charge in [-0.15, -0.1) is 0 Å². The molecule has 9 nitrogen and oxygen atoms in total. The van der Waals surface area contributed by atoms with Crippen LogP contribution in [0.2, 0.25) is 0 Å². The third-order valence-corrected chi connectivity index (χ3v) is 8.12. The summed E-state index contributed by atoms with van der Waals surface area (Å²) in [5, 5.41) is 11.5. The highest BCUT2D eigenvalue weighted by Gasteiger charge is 2.32. The first kappa shape index (κ1) is 28.2. The first-order valence-corrected chi connectivity index (χ1v) is 13.8. The minimum absolute atomic E-state index is 0.0492. The fourth-order valence-corrected chi connectivity index (χ4v) is 5.84. The molecule has 4 aromatic rings. The van der Waals surface area contributed by atoms with E-state index in [1.165, 1.54) is 49.8 Å². The average molecular weight is 562 g/mol. The van der Waals surface area contributed by atoms with Crippen LogP contribution in [0.1, 0.15) is 18.3 Å². The van der Waals surface area contributed by atoms with E-state index in [1.54, 1.807) is 42.2 Å². The number of aliphatic imine (C=N–C) groups is 1. The van der Waals surface area contributed by atoms with Crippen molar-refractivity contribution in [2.45, 2.75) is 23.6 Å². The first-order valence-electron chi connectivity index (χ1n) is 12.3. The van der Waals surface area contributed by atoms with Crippen LogP contribution in [0.3, 0.4) is 0 Å². The summed E-state index contributed by atoms with van der Waals surface area (Å²) in [7, 11) is -2.99. The number of hydrogen-bond acceptors (Lipinski definition) is 8. The Morgan fingerprint density at radius 2 is 1.80 bits per heavy atom. The minimum Gasteiger partial charge on any atom is -0.504 e. The molecule has 2 aromatic carbocycles. The second-order valence-corrected chi connectivity index (χ2v) is 10.6. The number of aromatic nitrogens is 2. The SMILES string of the molecule is CCN(c1ccccc1)c1c(C(C=NC)=CN)[nH]c(=O)c(S(=O)(=O)c2ccc(-c3ccc(F)nc3C)cc2)c1O. The van der Waals surface area contributed by atoms with Gasteiger partial charge in [0, 0.05) is 48.5 Å². The number of pyridine rings is 2. The lowest BCUT2D eigenvalue weighted by Crippen LogP contribution is -2.25. The van der Waals surface area contributed by atoms with Crippen LogP contribution in [0.15, 0.2) is 92.5 Å². The van der Waals surface area contributed by atoms with Crippen molar-refractivity contribution in [1.29, 1.82) is 0 Å². The molecule has 0 bridgehead atoms. The van der Waals surface area contributed by atoms with Crippen molar-refractivity contribution in [3.63, 3.8) is 0 Å². The van der Waals surface area contributed by atoms with Crippen molar-refractivity contribution >= 4 is 33.0 Å². The molecule has 4 rings (SSSR count). The van der Waals surface area contributed by atoms with Crippen LogP contribution >= 0.6 is 0 Å². The molecule has 0 aliphatic heterocycles. The number of hydrogen-bond donors (Lipinski definition) is 3. The highest BCUT2D eigenvalue weighted by Crippen LogP contribution is 2.41. The van der Waals surface area contributed by atoms with Gasteiger partial charge in [0.25, 0.3) is 5.56 Å². The van der Waals surface area contributed by atoms with Crippen LogP contribution in [0, 0.1) is 12.9 Å². The summed E-state index contributed by atoms with van der Waals surface area (Å²) in [6, 6.07) is 17.5. The molecule has 40 heavy (non-hydrogen) atoms. The minimum atomic E-state index is -4.50. The molecule has 0 aliphatic rings. The van der Waals surface area contributed by atoms with Crippen LogP contribution in [0.25, 0.3) is 16.7 Å². The largest absolute Gasteiger partial charge is 0.504 e. The smallest absolute Gasteiger partial charge is 0.271 e. The van der Waals surface area contributed by atoms with E-state index in [-0.39, 0.29) is 21.8 Å². The molecule has 0 aliphatic carbocycles. The van der Waals surface area contributed by atoms with E-state index < -0.39 is 32.0 Å². The van der Waals surface area contributed by atoms with E-state index in [9.17, 15) is 22.7 Å². The summed E-state index contributed by atoms with van der Waals surface area (Å²) in [5.74, 6) is -1.35. The second-order valence-electron chi connectivity index (χ2n) is 8.74. The van der Waals surface area contributed by atoms with E-state index in [0.29, 0.717) is 29.1 Å². The summed E-state index contributed by atoms with van der Waals surface area (Å²) < 4.78 is 41.0. The Hall–Kier alpha value is -4.77. The van der Waals surface area contributed by atoms with Crippen LogP contribution in [0.5, 0.6) is 5.75 Å². The van der Waals surface area contributed by atoms with Crippen LogP contribution < -0.4 is 16.2 Å². The fraction of sp³-hybridized carbons (Fsp3) is 0.138. The van der Waals surface area contributed by atoms with Gasteiger partial charge in [-0.2, -0.15) is 4.39 Å². The molecule has 0 saturated carbocycles. The van der Waals surface area contributed by atoms with Crippen molar-refractivity contribution in [2.24, 2.45) is 10.7 Å². The zero-order chi connectivity index (χ0) is 29.0. The predicted octanol–water partition coefficient (Wildman–Crippen LogP) is 4.58. The fourth-order valence-electron chi connectivity index (χ4n) is 4.46. The Morgan fingerprint density at radius 3 is 2.38 bits per heavy atom. The molecule has 4 N–H and O–H groups in total. The zero-order valence-corrected chi connectivity index (χ0v) is 22.9. The van der Waals surface area contributed by atoms with Gasteiger partial charge in [-0.3, -0.25) is 9.79 Å². The lowest BCUT2D eigenvalue weighted by Gasteiger charge is -2.27. The van der Waals surface area contributed by atoms with Crippen molar-refractivity contribution in [3.05, 3.63) is 101 Å². The Bertz CT molecular complexity index is 1770. The van der Waals surface area contributed by atoms with E-state index >= 15 is 0 Å². The number of halogens is 1. The van der Waals surface area contributed by atoms with E-state index in [1.807, 2.05) is 13.0 Å². The van der Waals surface area contributed by atoms with Gasteiger partial charge in [-0.1, -0.05) is 30.3 Å². The molecule has 0 fully saturated rings. The Labute approximate surface area is 231 Å². The first-order chi connectivity index (χ1) is 19.1. The highest BCUT2D eigenvalue weighted by atomic mass is 32.2. The standard InChI is InChI=1S/C29H28FN5O4S/c1-4-35(21-8-6-5-7-9-21)26-25(20(16-31)17-32-3)34-29(37)28(27(26)36)40(38,39)22-12-10-19(11-13-22)23-14-15-24(30)33-18(23)2/h5-17H,4,31H2,1-3H3,(H2,34,36,37). The Morgan fingerprint density at radius 1 is 1.12 bits per heavy atom. The third kappa shape index (κ3) is 5.23. The highest BCUT2D eigenvalue weighted by molar-refractivity contribution is 7.91. The summed E-state index contributed by atoms with van der Waals surface area (Å²) >= 11 is 0. The van der Waals surface area contributed by atoms with Gasteiger partial charge in [-0.25, -0.2) is 13.4 Å². The monoisotopic (exact) mass is 561 g/mol. The van der Waals surface area contributed by atoms with Gasteiger partial charge in [0.2, 0.25) is 15.8 Å². The van der Waals surface area contributed by atoms with Gasteiger partial charge in [-0.05, 0) is 55.8 Å². The lowest BCUT2D eigenvalue weighted by atomic mass is 10.1. The van der Waals surface area contributed by atoms with E-state index in [0.717, 1.165) is 0 Å². The number of H-pyrrole nitrogens is 1. The summed E-state index contributed by atoms with van der Waals surface area (Å²) in [6.45, 7) is 3.78. The Kier molecular flexibility index (Phi) is 8.15. The molecule has 0 amide bonds. The number of anilines is 2. The summed E-state index contributed by atoms with van der Waals surface area (Å²) in [4.78, 5) is 24.3. The molecule has 0 radical (unpaired) electrons. The summed E-state index contributed by atoms with van der Waals surface area (Å²) in [5.41, 5.74) is 7.54. The second kappa shape index (κ2) is 11.5. The molecule has 2 heterocycles. The topological polar surface area (TPSA) is 142 Å². The number of allylic oxidation sites excluding steroid dienone is 1. The number of aromatic amines is 1. The maximum absolute atomic E-state index is 13.8.